The summed E-state index contributed by atoms with van der Waals surface area (Å²) in [6.45, 7) is 3.03. The molecule has 3 N–H and O–H groups in total. The van der Waals surface area contributed by atoms with E-state index in [1.807, 2.05) is 0 Å². The van der Waals surface area contributed by atoms with Gasteiger partial charge in [-0.25, -0.2) is 0 Å². The van der Waals surface area contributed by atoms with Crippen molar-refractivity contribution in [2.24, 2.45) is 11.7 Å². The molecule has 9 heavy (non-hydrogen) atoms. The van der Waals surface area contributed by atoms with Crippen LogP contribution in [-0.4, -0.2) is 18.5 Å². The fourth-order valence-corrected chi connectivity index (χ4v) is 1.13. The van der Waals surface area contributed by atoms with E-state index in [0.29, 0.717) is 5.92 Å². The van der Waals surface area contributed by atoms with Gasteiger partial charge in [0.25, 0.3) is 0 Å². The number of primary amides is 1. The maximum Gasteiger partial charge on any atom is 0.234 e. The molecule has 1 amide bonds. The molecular formula is C6H12N2O. The van der Waals surface area contributed by atoms with Crippen molar-refractivity contribution in [3.05, 3.63) is 0 Å². The summed E-state index contributed by atoms with van der Waals surface area (Å²) in [4.78, 5) is 10.5. The van der Waals surface area contributed by atoms with E-state index in [0.717, 1.165) is 13.0 Å². The molecular weight excluding hydrogens is 116 g/mol. The zero-order valence-corrected chi connectivity index (χ0v) is 5.55. The Morgan fingerprint density at radius 3 is 2.67 bits per heavy atom. The highest BCUT2D eigenvalue weighted by Gasteiger charge is 2.24. The number of amides is 1. The molecule has 0 bridgehead atoms. The zero-order chi connectivity index (χ0) is 6.85. The second kappa shape index (κ2) is 2.35. The topological polar surface area (TPSA) is 55.1 Å². The molecule has 0 aliphatic carbocycles. The molecule has 1 aliphatic heterocycles. The standard InChI is InChI=1S/C6H12N2O/c1-4-2-5(6(7)9)8-3-4/h4-5,8H,2-3H2,1H3,(H2,7,9)/t4-,5+/m0/s1. The van der Waals surface area contributed by atoms with Crippen LogP contribution in [0.3, 0.4) is 0 Å². The van der Waals surface area contributed by atoms with E-state index in [1.165, 1.54) is 0 Å². The third-order valence-corrected chi connectivity index (χ3v) is 1.69. The highest BCUT2D eigenvalue weighted by atomic mass is 16.1. The summed E-state index contributed by atoms with van der Waals surface area (Å²) < 4.78 is 0. The van der Waals surface area contributed by atoms with Crippen LogP contribution in [0.25, 0.3) is 0 Å². The molecule has 1 heterocycles. The first-order chi connectivity index (χ1) is 4.20. The number of carbonyl (C=O) groups excluding carboxylic acids is 1. The van der Waals surface area contributed by atoms with Crippen LogP contribution in [0.15, 0.2) is 0 Å². The van der Waals surface area contributed by atoms with Gasteiger partial charge in [0.15, 0.2) is 0 Å². The lowest BCUT2D eigenvalue weighted by Crippen LogP contribution is -2.36. The Morgan fingerprint density at radius 1 is 1.78 bits per heavy atom. The molecule has 0 saturated carbocycles. The van der Waals surface area contributed by atoms with Gasteiger partial charge in [0, 0.05) is 0 Å². The molecule has 52 valence electrons. The van der Waals surface area contributed by atoms with E-state index in [2.05, 4.69) is 12.2 Å². The number of hydrogen-bond acceptors (Lipinski definition) is 2. The molecule has 3 nitrogen and oxygen atoms in total. The maximum atomic E-state index is 10.5. The second-order valence-corrected chi connectivity index (χ2v) is 2.70. The van der Waals surface area contributed by atoms with E-state index in [-0.39, 0.29) is 11.9 Å². The van der Waals surface area contributed by atoms with Gasteiger partial charge in [0.2, 0.25) is 5.91 Å². The second-order valence-electron chi connectivity index (χ2n) is 2.70. The van der Waals surface area contributed by atoms with E-state index in [4.69, 9.17) is 5.73 Å². The largest absolute Gasteiger partial charge is 0.368 e. The van der Waals surface area contributed by atoms with Crippen LogP contribution in [0.5, 0.6) is 0 Å². The Balaban J connectivity index is 2.39. The van der Waals surface area contributed by atoms with Crippen LogP contribution in [0.2, 0.25) is 0 Å². The molecule has 0 aromatic carbocycles. The minimum atomic E-state index is -0.223. The Bertz CT molecular complexity index is 124. The van der Waals surface area contributed by atoms with Gasteiger partial charge in [0.05, 0.1) is 6.04 Å². The Labute approximate surface area is 54.6 Å². The minimum absolute atomic E-state index is 0.0694. The summed E-state index contributed by atoms with van der Waals surface area (Å²) in [5.41, 5.74) is 5.06. The fourth-order valence-electron chi connectivity index (χ4n) is 1.13. The summed E-state index contributed by atoms with van der Waals surface area (Å²) in [7, 11) is 0. The van der Waals surface area contributed by atoms with Crippen LogP contribution in [-0.2, 0) is 4.79 Å². The number of nitrogens with one attached hydrogen (secondary N) is 1. The van der Waals surface area contributed by atoms with Gasteiger partial charge in [-0.05, 0) is 18.9 Å². The summed E-state index contributed by atoms with van der Waals surface area (Å²) in [5.74, 6) is 0.377. The van der Waals surface area contributed by atoms with E-state index >= 15 is 0 Å². The van der Waals surface area contributed by atoms with E-state index in [1.54, 1.807) is 0 Å². The lowest BCUT2D eigenvalue weighted by Gasteiger charge is -2.01. The molecule has 2 atom stereocenters. The molecule has 0 aromatic heterocycles. The molecule has 0 spiro atoms. The number of carbonyl (C=O) groups is 1. The summed E-state index contributed by atoms with van der Waals surface area (Å²) >= 11 is 0. The van der Waals surface area contributed by atoms with Crippen molar-refractivity contribution in [3.8, 4) is 0 Å². The van der Waals surface area contributed by atoms with Crippen molar-refractivity contribution in [2.75, 3.05) is 6.54 Å². The normalized spacial score (nSPS) is 34.8. The third-order valence-electron chi connectivity index (χ3n) is 1.69. The quantitative estimate of drug-likeness (QED) is 0.498. The van der Waals surface area contributed by atoms with Crippen LogP contribution in [0, 0.1) is 5.92 Å². The Kier molecular flexibility index (Phi) is 1.71. The fraction of sp³-hybridized carbons (Fsp3) is 0.833. The Morgan fingerprint density at radius 2 is 2.44 bits per heavy atom. The van der Waals surface area contributed by atoms with Gasteiger partial charge >= 0.3 is 0 Å². The average Bonchev–Trinajstić information content (AvgIpc) is 2.14. The third kappa shape index (κ3) is 1.42. The molecule has 1 saturated heterocycles. The van der Waals surface area contributed by atoms with Gasteiger partial charge in [-0.2, -0.15) is 0 Å². The highest BCUT2D eigenvalue weighted by Crippen LogP contribution is 2.11. The lowest BCUT2D eigenvalue weighted by molar-refractivity contribution is -0.119. The highest BCUT2D eigenvalue weighted by molar-refractivity contribution is 5.80. The van der Waals surface area contributed by atoms with Crippen molar-refractivity contribution < 1.29 is 4.79 Å². The van der Waals surface area contributed by atoms with Gasteiger partial charge < -0.3 is 11.1 Å². The SMILES string of the molecule is C[C@@H]1CN[C@@H](C(N)=O)C1. The lowest BCUT2D eigenvalue weighted by atomic mass is 10.1. The molecule has 0 unspecified atom stereocenters. The molecule has 3 heteroatoms. The van der Waals surface area contributed by atoms with Crippen molar-refractivity contribution in [1.29, 1.82) is 0 Å². The van der Waals surface area contributed by atoms with Crippen LogP contribution in [0.1, 0.15) is 13.3 Å². The van der Waals surface area contributed by atoms with Gasteiger partial charge in [-0.3, -0.25) is 4.79 Å². The Hall–Kier alpha value is -0.570. The predicted molar refractivity (Wildman–Crippen MR) is 34.8 cm³/mol. The van der Waals surface area contributed by atoms with Crippen LogP contribution in [0.4, 0.5) is 0 Å². The first-order valence-corrected chi connectivity index (χ1v) is 3.23. The molecule has 1 rings (SSSR count). The molecule has 1 aliphatic rings. The van der Waals surface area contributed by atoms with Gasteiger partial charge in [0.1, 0.15) is 0 Å². The predicted octanol–water partition coefficient (Wildman–Crippen LogP) is -0.530. The molecule has 0 radical (unpaired) electrons. The average molecular weight is 128 g/mol. The zero-order valence-electron chi connectivity index (χ0n) is 5.55. The van der Waals surface area contributed by atoms with Crippen molar-refractivity contribution >= 4 is 5.91 Å². The maximum absolute atomic E-state index is 10.5. The van der Waals surface area contributed by atoms with Crippen molar-refractivity contribution in [2.45, 2.75) is 19.4 Å². The first-order valence-electron chi connectivity index (χ1n) is 3.23. The minimum Gasteiger partial charge on any atom is -0.368 e. The van der Waals surface area contributed by atoms with Gasteiger partial charge in [-0.15, -0.1) is 0 Å². The van der Waals surface area contributed by atoms with Crippen molar-refractivity contribution in [3.63, 3.8) is 0 Å². The smallest absolute Gasteiger partial charge is 0.234 e. The monoisotopic (exact) mass is 128 g/mol. The number of nitrogens with two attached hydrogens (primary N) is 1. The molecule has 0 aromatic rings. The summed E-state index contributed by atoms with van der Waals surface area (Å²) in [6, 6.07) is -0.0694. The van der Waals surface area contributed by atoms with E-state index < -0.39 is 0 Å². The van der Waals surface area contributed by atoms with Crippen LogP contribution >= 0.6 is 0 Å². The number of rotatable bonds is 1. The van der Waals surface area contributed by atoms with Crippen LogP contribution < -0.4 is 11.1 Å². The summed E-state index contributed by atoms with van der Waals surface area (Å²) in [6.07, 6.45) is 0.898. The number of hydrogen-bond donors (Lipinski definition) is 2. The van der Waals surface area contributed by atoms with E-state index in [9.17, 15) is 4.79 Å². The van der Waals surface area contributed by atoms with Crippen molar-refractivity contribution in [1.82, 2.24) is 5.32 Å². The van der Waals surface area contributed by atoms with Gasteiger partial charge in [-0.1, -0.05) is 6.92 Å². The first kappa shape index (κ1) is 6.55. The molecule has 1 fully saturated rings. The summed E-state index contributed by atoms with van der Waals surface area (Å²) in [5, 5.41) is 3.03.